The van der Waals surface area contributed by atoms with E-state index in [9.17, 15) is 18.0 Å². The number of hydrogen-bond donors (Lipinski definition) is 0. The third-order valence-electron chi connectivity index (χ3n) is 2.90. The van der Waals surface area contributed by atoms with Gasteiger partial charge in [-0.05, 0) is 30.5 Å². The SMILES string of the molecule is Cc1nc(-c2ccsc2)ccc1C(=O)N(C)CC(F)(F)F. The van der Waals surface area contributed by atoms with Crippen molar-refractivity contribution < 1.29 is 18.0 Å². The number of pyridine rings is 1. The summed E-state index contributed by atoms with van der Waals surface area (Å²) in [5, 5.41) is 3.82. The first-order valence-electron chi connectivity index (χ1n) is 6.10. The van der Waals surface area contributed by atoms with E-state index < -0.39 is 18.6 Å². The number of aryl methyl sites for hydroxylation is 1. The van der Waals surface area contributed by atoms with Gasteiger partial charge in [-0.3, -0.25) is 9.78 Å². The van der Waals surface area contributed by atoms with E-state index >= 15 is 0 Å². The molecule has 2 aromatic heterocycles. The number of alkyl halides is 3. The average Bonchev–Trinajstić information content (AvgIpc) is 2.89. The zero-order valence-corrected chi connectivity index (χ0v) is 12.3. The number of carbonyl (C=O) groups is 1. The molecule has 0 aliphatic heterocycles. The second-order valence-electron chi connectivity index (χ2n) is 4.62. The molecule has 2 aromatic rings. The number of hydrogen-bond acceptors (Lipinski definition) is 3. The van der Waals surface area contributed by atoms with Crippen molar-refractivity contribution in [3.8, 4) is 11.3 Å². The maximum Gasteiger partial charge on any atom is 0.406 e. The van der Waals surface area contributed by atoms with Gasteiger partial charge in [-0.1, -0.05) is 0 Å². The van der Waals surface area contributed by atoms with Gasteiger partial charge in [0.15, 0.2) is 0 Å². The lowest BCUT2D eigenvalue weighted by Crippen LogP contribution is -2.36. The molecule has 21 heavy (non-hydrogen) atoms. The van der Waals surface area contributed by atoms with E-state index in [-0.39, 0.29) is 5.56 Å². The molecule has 1 amide bonds. The van der Waals surface area contributed by atoms with E-state index in [1.54, 1.807) is 13.0 Å². The van der Waals surface area contributed by atoms with E-state index in [1.165, 1.54) is 17.4 Å². The summed E-state index contributed by atoms with van der Waals surface area (Å²) in [4.78, 5) is 17.0. The second kappa shape index (κ2) is 5.85. The molecule has 7 heteroatoms. The Morgan fingerprint density at radius 3 is 2.57 bits per heavy atom. The molecule has 2 heterocycles. The third kappa shape index (κ3) is 3.81. The van der Waals surface area contributed by atoms with Gasteiger partial charge in [0, 0.05) is 18.0 Å². The molecule has 0 radical (unpaired) electrons. The van der Waals surface area contributed by atoms with Crippen LogP contribution < -0.4 is 0 Å². The quantitative estimate of drug-likeness (QED) is 0.864. The average molecular weight is 314 g/mol. The maximum absolute atomic E-state index is 12.3. The molecule has 0 aliphatic rings. The molecule has 0 saturated heterocycles. The Labute approximate surface area is 124 Å². The first kappa shape index (κ1) is 15.5. The van der Waals surface area contributed by atoms with Crippen molar-refractivity contribution >= 4 is 17.2 Å². The Hall–Kier alpha value is -1.89. The monoisotopic (exact) mass is 314 g/mol. The molecule has 2 rings (SSSR count). The van der Waals surface area contributed by atoms with Crippen LogP contribution in [0.3, 0.4) is 0 Å². The number of aromatic nitrogens is 1. The van der Waals surface area contributed by atoms with Gasteiger partial charge in [0.25, 0.3) is 5.91 Å². The molecular formula is C14H13F3N2OS. The zero-order chi connectivity index (χ0) is 15.6. The molecular weight excluding hydrogens is 301 g/mol. The van der Waals surface area contributed by atoms with Gasteiger partial charge in [-0.2, -0.15) is 24.5 Å². The van der Waals surface area contributed by atoms with Crippen LogP contribution in [0.15, 0.2) is 29.0 Å². The second-order valence-corrected chi connectivity index (χ2v) is 5.40. The molecule has 0 aliphatic carbocycles. The highest BCUT2D eigenvalue weighted by Gasteiger charge is 2.32. The molecule has 0 N–H and O–H groups in total. The van der Waals surface area contributed by atoms with E-state index in [1.807, 2.05) is 16.8 Å². The van der Waals surface area contributed by atoms with E-state index in [2.05, 4.69) is 4.98 Å². The van der Waals surface area contributed by atoms with Gasteiger partial charge in [-0.25, -0.2) is 0 Å². The van der Waals surface area contributed by atoms with Crippen LogP contribution in [-0.2, 0) is 0 Å². The normalized spacial score (nSPS) is 11.5. The lowest BCUT2D eigenvalue weighted by molar-refractivity contribution is -0.138. The van der Waals surface area contributed by atoms with Crippen molar-refractivity contribution in [3.63, 3.8) is 0 Å². The molecule has 0 aromatic carbocycles. The highest BCUT2D eigenvalue weighted by molar-refractivity contribution is 7.08. The summed E-state index contributed by atoms with van der Waals surface area (Å²) < 4.78 is 37.0. The number of rotatable bonds is 3. The zero-order valence-electron chi connectivity index (χ0n) is 11.4. The molecule has 0 bridgehead atoms. The minimum absolute atomic E-state index is 0.181. The van der Waals surface area contributed by atoms with Crippen LogP contribution in [0.5, 0.6) is 0 Å². The maximum atomic E-state index is 12.3. The van der Waals surface area contributed by atoms with Crippen LogP contribution in [0, 0.1) is 6.92 Å². The lowest BCUT2D eigenvalue weighted by atomic mass is 10.1. The van der Waals surface area contributed by atoms with E-state index in [4.69, 9.17) is 0 Å². The van der Waals surface area contributed by atoms with Crippen LogP contribution in [0.25, 0.3) is 11.3 Å². The van der Waals surface area contributed by atoms with Crippen molar-refractivity contribution in [2.24, 2.45) is 0 Å². The molecule has 0 fully saturated rings. The standard InChI is InChI=1S/C14H13F3N2OS/c1-9-11(13(20)19(2)8-14(15,16)17)3-4-12(18-9)10-5-6-21-7-10/h3-7H,8H2,1-2H3. The number of thiophene rings is 1. The minimum Gasteiger partial charge on any atom is -0.333 e. The third-order valence-corrected chi connectivity index (χ3v) is 3.58. The first-order chi connectivity index (χ1) is 9.78. The van der Waals surface area contributed by atoms with Gasteiger partial charge in [-0.15, -0.1) is 0 Å². The smallest absolute Gasteiger partial charge is 0.333 e. The van der Waals surface area contributed by atoms with Gasteiger partial charge < -0.3 is 4.90 Å². The summed E-state index contributed by atoms with van der Waals surface area (Å²) in [6.07, 6.45) is -4.41. The summed E-state index contributed by atoms with van der Waals surface area (Å²) in [6.45, 7) is 0.335. The lowest BCUT2D eigenvalue weighted by Gasteiger charge is -2.19. The van der Waals surface area contributed by atoms with Crippen molar-refractivity contribution in [2.75, 3.05) is 13.6 Å². The van der Waals surface area contributed by atoms with Crippen LogP contribution in [0.1, 0.15) is 16.1 Å². The van der Waals surface area contributed by atoms with E-state index in [0.29, 0.717) is 16.3 Å². The minimum atomic E-state index is -4.41. The Balaban J connectivity index is 2.23. The predicted molar refractivity (Wildman–Crippen MR) is 75.3 cm³/mol. The number of nitrogens with zero attached hydrogens (tertiary/aromatic N) is 2. The molecule has 0 spiro atoms. The molecule has 0 atom stereocenters. The summed E-state index contributed by atoms with van der Waals surface area (Å²) in [6, 6.07) is 5.05. The summed E-state index contributed by atoms with van der Waals surface area (Å²) in [5.41, 5.74) is 2.22. The van der Waals surface area contributed by atoms with Gasteiger partial charge >= 0.3 is 6.18 Å². The van der Waals surface area contributed by atoms with Crippen molar-refractivity contribution in [1.82, 2.24) is 9.88 Å². The van der Waals surface area contributed by atoms with Crippen LogP contribution in [0.2, 0.25) is 0 Å². The topological polar surface area (TPSA) is 33.2 Å². The molecule has 0 unspecified atom stereocenters. The number of amides is 1. The molecule has 3 nitrogen and oxygen atoms in total. The summed E-state index contributed by atoms with van der Waals surface area (Å²) in [7, 11) is 1.13. The first-order valence-corrected chi connectivity index (χ1v) is 7.04. The highest BCUT2D eigenvalue weighted by Crippen LogP contribution is 2.23. The Bertz CT molecular complexity index is 638. The molecule has 0 saturated carbocycles. The number of carbonyl (C=O) groups excluding carboxylic acids is 1. The fourth-order valence-corrected chi connectivity index (χ4v) is 2.55. The summed E-state index contributed by atoms with van der Waals surface area (Å²) in [5.74, 6) is -0.686. The fraction of sp³-hybridized carbons (Fsp3) is 0.286. The van der Waals surface area contributed by atoms with Crippen LogP contribution in [-0.4, -0.2) is 35.6 Å². The van der Waals surface area contributed by atoms with Gasteiger partial charge in [0.1, 0.15) is 6.54 Å². The molecule has 112 valence electrons. The van der Waals surface area contributed by atoms with Gasteiger partial charge in [0.05, 0.1) is 17.0 Å². The largest absolute Gasteiger partial charge is 0.406 e. The van der Waals surface area contributed by atoms with Crippen molar-refractivity contribution in [2.45, 2.75) is 13.1 Å². The fourth-order valence-electron chi connectivity index (χ4n) is 1.90. The van der Waals surface area contributed by atoms with E-state index in [0.717, 1.165) is 12.6 Å². The predicted octanol–water partition coefficient (Wildman–Crippen LogP) is 3.75. The number of halogens is 3. The van der Waals surface area contributed by atoms with Crippen molar-refractivity contribution in [1.29, 1.82) is 0 Å². The van der Waals surface area contributed by atoms with Gasteiger partial charge in [0.2, 0.25) is 0 Å². The van der Waals surface area contributed by atoms with Crippen molar-refractivity contribution in [3.05, 3.63) is 40.2 Å². The van der Waals surface area contributed by atoms with Crippen LogP contribution >= 0.6 is 11.3 Å². The summed E-state index contributed by atoms with van der Waals surface area (Å²) >= 11 is 1.52. The Kier molecular flexibility index (Phi) is 4.32. The highest BCUT2D eigenvalue weighted by atomic mass is 32.1. The Morgan fingerprint density at radius 2 is 2.05 bits per heavy atom. The Morgan fingerprint density at radius 1 is 1.33 bits per heavy atom. The van der Waals surface area contributed by atoms with Crippen LogP contribution in [0.4, 0.5) is 13.2 Å².